The van der Waals surface area contributed by atoms with Crippen molar-refractivity contribution >= 4 is 30.4 Å². The van der Waals surface area contributed by atoms with Gasteiger partial charge >= 0.3 is 0 Å². The second-order valence-electron chi connectivity index (χ2n) is 4.74. The van der Waals surface area contributed by atoms with E-state index in [0.29, 0.717) is 6.61 Å². The van der Waals surface area contributed by atoms with Crippen molar-refractivity contribution in [3.8, 4) is 5.75 Å². The SMILES string of the molecule is CCOc1cncc(C2=CN3CCC2CC3)c1.Cl.Cl. The number of rotatable bonds is 3. The van der Waals surface area contributed by atoms with Crippen LogP contribution in [-0.2, 0) is 0 Å². The monoisotopic (exact) mass is 302 g/mol. The van der Waals surface area contributed by atoms with E-state index >= 15 is 0 Å². The molecule has 0 unspecified atom stereocenters. The second kappa shape index (κ2) is 7.01. The van der Waals surface area contributed by atoms with Crippen molar-refractivity contribution in [3.05, 3.63) is 30.2 Å². The molecular weight excluding hydrogens is 283 g/mol. The minimum Gasteiger partial charge on any atom is -0.492 e. The van der Waals surface area contributed by atoms with Gasteiger partial charge in [-0.05, 0) is 37.3 Å². The fourth-order valence-electron chi connectivity index (χ4n) is 2.77. The number of halogens is 2. The van der Waals surface area contributed by atoms with E-state index in [1.165, 1.54) is 37.1 Å². The summed E-state index contributed by atoms with van der Waals surface area (Å²) in [4.78, 5) is 6.70. The molecule has 4 heterocycles. The van der Waals surface area contributed by atoms with Gasteiger partial charge in [0.25, 0.3) is 0 Å². The molecule has 3 aliphatic heterocycles. The van der Waals surface area contributed by atoms with Gasteiger partial charge in [-0.1, -0.05) is 0 Å². The Balaban J connectivity index is 0.000000902. The van der Waals surface area contributed by atoms with Crippen LogP contribution in [-0.4, -0.2) is 29.6 Å². The Bertz CT molecular complexity index is 443. The maximum absolute atomic E-state index is 5.51. The number of allylic oxidation sites excluding steroid dienone is 1. The van der Waals surface area contributed by atoms with Gasteiger partial charge < -0.3 is 9.64 Å². The number of ether oxygens (including phenoxy) is 1. The molecule has 3 aliphatic rings. The number of nitrogens with zero attached hydrogens (tertiary/aromatic N) is 2. The molecule has 0 spiro atoms. The molecule has 2 bridgehead atoms. The van der Waals surface area contributed by atoms with Gasteiger partial charge in [0.15, 0.2) is 0 Å². The standard InChI is InChI=1S/C14H18N2O.2ClH/c1-2-17-13-7-12(8-15-9-13)14-10-16-5-3-11(14)4-6-16;;/h7-11H,2-6H2,1H3;2*1H. The zero-order chi connectivity index (χ0) is 11.7. The molecular formula is C14H20Cl2N2O. The summed E-state index contributed by atoms with van der Waals surface area (Å²) < 4.78 is 5.51. The van der Waals surface area contributed by atoms with E-state index < -0.39 is 0 Å². The molecule has 3 nitrogen and oxygen atoms in total. The van der Waals surface area contributed by atoms with Crippen LogP contribution < -0.4 is 4.74 Å². The first-order valence-corrected chi connectivity index (χ1v) is 6.41. The van der Waals surface area contributed by atoms with Crippen LogP contribution in [0.4, 0.5) is 0 Å². The summed E-state index contributed by atoms with van der Waals surface area (Å²) in [6, 6.07) is 2.12. The van der Waals surface area contributed by atoms with Crippen molar-refractivity contribution in [1.82, 2.24) is 9.88 Å². The van der Waals surface area contributed by atoms with E-state index in [1.807, 2.05) is 13.1 Å². The highest BCUT2D eigenvalue weighted by molar-refractivity contribution is 5.85. The van der Waals surface area contributed by atoms with Gasteiger partial charge in [0.2, 0.25) is 0 Å². The predicted octanol–water partition coefficient (Wildman–Crippen LogP) is 3.39. The Kier molecular flexibility index (Phi) is 5.95. The summed E-state index contributed by atoms with van der Waals surface area (Å²) in [5.41, 5.74) is 2.67. The van der Waals surface area contributed by atoms with E-state index in [1.54, 1.807) is 6.20 Å². The van der Waals surface area contributed by atoms with Crippen molar-refractivity contribution in [3.63, 3.8) is 0 Å². The molecule has 0 aromatic carbocycles. The summed E-state index contributed by atoms with van der Waals surface area (Å²) in [5, 5.41) is 0. The van der Waals surface area contributed by atoms with Crippen LogP contribution in [0.2, 0.25) is 0 Å². The highest BCUT2D eigenvalue weighted by atomic mass is 35.5. The molecule has 0 radical (unpaired) electrons. The van der Waals surface area contributed by atoms with Crippen molar-refractivity contribution in [2.45, 2.75) is 19.8 Å². The average molecular weight is 303 g/mol. The third-order valence-corrected chi connectivity index (χ3v) is 3.65. The average Bonchev–Trinajstić information content (AvgIpc) is 2.41. The lowest BCUT2D eigenvalue weighted by Crippen LogP contribution is -2.35. The lowest BCUT2D eigenvalue weighted by molar-refractivity contribution is 0.252. The molecule has 4 rings (SSSR count). The van der Waals surface area contributed by atoms with E-state index in [-0.39, 0.29) is 24.8 Å². The number of fused-ring (bicyclic) bond motifs is 2. The lowest BCUT2D eigenvalue weighted by atomic mass is 9.83. The number of piperidine rings is 1. The minimum absolute atomic E-state index is 0. The van der Waals surface area contributed by atoms with Crippen LogP contribution in [0.15, 0.2) is 24.7 Å². The first-order valence-electron chi connectivity index (χ1n) is 6.41. The maximum atomic E-state index is 5.51. The Morgan fingerprint density at radius 1 is 1.26 bits per heavy atom. The quantitative estimate of drug-likeness (QED) is 0.856. The van der Waals surface area contributed by atoms with E-state index in [2.05, 4.69) is 22.2 Å². The molecule has 0 N–H and O–H groups in total. The third-order valence-electron chi connectivity index (χ3n) is 3.65. The highest BCUT2D eigenvalue weighted by Crippen LogP contribution is 2.37. The van der Waals surface area contributed by atoms with E-state index in [4.69, 9.17) is 4.74 Å². The number of hydrogen-bond acceptors (Lipinski definition) is 3. The van der Waals surface area contributed by atoms with Gasteiger partial charge in [0, 0.05) is 31.0 Å². The Hall–Kier alpha value is -0.930. The van der Waals surface area contributed by atoms with Crippen molar-refractivity contribution in [1.29, 1.82) is 0 Å². The molecule has 0 saturated carbocycles. The third kappa shape index (κ3) is 3.34. The lowest BCUT2D eigenvalue weighted by Gasteiger charge is -2.39. The van der Waals surface area contributed by atoms with Crippen LogP contribution in [0.3, 0.4) is 0 Å². The van der Waals surface area contributed by atoms with Gasteiger partial charge in [-0.3, -0.25) is 4.98 Å². The molecule has 106 valence electrons. The molecule has 1 fully saturated rings. The van der Waals surface area contributed by atoms with Gasteiger partial charge in [0.05, 0.1) is 12.8 Å². The van der Waals surface area contributed by atoms with Gasteiger partial charge in [0.1, 0.15) is 5.75 Å². The summed E-state index contributed by atoms with van der Waals surface area (Å²) in [6.45, 7) is 5.12. The predicted molar refractivity (Wildman–Crippen MR) is 82.2 cm³/mol. The highest BCUT2D eigenvalue weighted by Gasteiger charge is 2.27. The van der Waals surface area contributed by atoms with Crippen molar-refractivity contribution in [2.24, 2.45) is 5.92 Å². The molecule has 19 heavy (non-hydrogen) atoms. The van der Waals surface area contributed by atoms with Crippen molar-refractivity contribution < 1.29 is 4.74 Å². The smallest absolute Gasteiger partial charge is 0.138 e. The fourth-order valence-corrected chi connectivity index (χ4v) is 2.77. The maximum Gasteiger partial charge on any atom is 0.138 e. The first-order chi connectivity index (χ1) is 8.36. The number of pyridine rings is 1. The van der Waals surface area contributed by atoms with Crippen LogP contribution in [0.25, 0.3) is 5.57 Å². The fraction of sp³-hybridized carbons (Fsp3) is 0.500. The zero-order valence-corrected chi connectivity index (χ0v) is 12.7. The Labute approximate surface area is 126 Å². The summed E-state index contributed by atoms with van der Waals surface area (Å²) in [7, 11) is 0. The molecule has 1 aromatic heterocycles. The molecule has 0 amide bonds. The van der Waals surface area contributed by atoms with E-state index in [9.17, 15) is 0 Å². The topological polar surface area (TPSA) is 25.4 Å². The summed E-state index contributed by atoms with van der Waals surface area (Å²) >= 11 is 0. The second-order valence-corrected chi connectivity index (χ2v) is 4.74. The largest absolute Gasteiger partial charge is 0.492 e. The summed E-state index contributed by atoms with van der Waals surface area (Å²) in [5.74, 6) is 1.60. The zero-order valence-electron chi connectivity index (χ0n) is 11.0. The molecule has 0 atom stereocenters. The normalized spacial score (nSPS) is 17.3. The van der Waals surface area contributed by atoms with Crippen LogP contribution >= 0.6 is 24.8 Å². The molecule has 1 saturated heterocycles. The van der Waals surface area contributed by atoms with Crippen LogP contribution in [0, 0.1) is 5.92 Å². The van der Waals surface area contributed by atoms with Crippen molar-refractivity contribution in [2.75, 3.05) is 19.7 Å². The van der Waals surface area contributed by atoms with Crippen LogP contribution in [0.5, 0.6) is 5.75 Å². The van der Waals surface area contributed by atoms with Crippen LogP contribution in [0.1, 0.15) is 25.3 Å². The summed E-state index contributed by atoms with van der Waals surface area (Å²) in [6.07, 6.45) is 8.62. The first kappa shape index (κ1) is 16.1. The number of hydrogen-bond donors (Lipinski definition) is 0. The molecule has 5 heteroatoms. The molecule has 1 aromatic rings. The molecule has 0 aliphatic carbocycles. The van der Waals surface area contributed by atoms with Gasteiger partial charge in [-0.15, -0.1) is 24.8 Å². The Morgan fingerprint density at radius 3 is 2.58 bits per heavy atom. The van der Waals surface area contributed by atoms with Gasteiger partial charge in [-0.25, -0.2) is 0 Å². The Morgan fingerprint density at radius 2 is 2.00 bits per heavy atom. The van der Waals surface area contributed by atoms with E-state index in [0.717, 1.165) is 11.7 Å². The van der Waals surface area contributed by atoms with Gasteiger partial charge in [-0.2, -0.15) is 0 Å². The number of aromatic nitrogens is 1. The minimum atomic E-state index is 0.